The maximum absolute atomic E-state index is 2.74. The highest BCUT2D eigenvalue weighted by Crippen LogP contribution is 2.57. The molecule has 2 aromatic heterocycles. The van der Waals surface area contributed by atoms with Crippen LogP contribution < -0.4 is 26.2 Å². The molecule has 2 nitrogen and oxygen atoms in total. The van der Waals surface area contributed by atoms with Crippen molar-refractivity contribution >= 4 is 120 Å². The molecule has 0 fully saturated rings. The molecule has 17 aromatic rings. The predicted molar refractivity (Wildman–Crippen MR) is 457 cm³/mol. The summed E-state index contributed by atoms with van der Waals surface area (Å²) in [5.74, 6) is 0. The standard InChI is InChI=1S/C100H77BN2S2/c1-60-48-62(3)93(63(4)49-60)72-52-81(66-28-14-10-15-29-66)96(82(53-72)67-30-16-11-17-31-67)102-87-46-44-70(75-38-26-40-79-77-36-22-24-42-91(77)104-98(75)79)56-85(87)101-86-57-71(76-39-27-41-80-78-37-23-25-43-92(78)105-99(76)80)45-47-88(86)103(90-59-74(100(7,8)9)58-89(102)95(90)101)97-83(68-32-18-12-19-33-68)54-73(55-84(97)69-34-20-13-21-35-69)94-64(5)50-61(2)51-65(94)6/h10-59H,1-9H3. The average Bonchev–Trinajstić information content (AvgIpc) is 1.58. The van der Waals surface area contributed by atoms with Crippen LogP contribution in [0.2, 0.25) is 0 Å². The topological polar surface area (TPSA) is 6.48 Å². The summed E-state index contributed by atoms with van der Waals surface area (Å²) in [5, 5.41) is 5.16. The minimum absolute atomic E-state index is 0.264. The van der Waals surface area contributed by atoms with E-state index in [9.17, 15) is 0 Å². The lowest BCUT2D eigenvalue weighted by molar-refractivity contribution is 0.590. The van der Waals surface area contributed by atoms with E-state index in [0.717, 1.165) is 78.6 Å². The van der Waals surface area contributed by atoms with Gasteiger partial charge in [-0.1, -0.05) is 275 Å². The van der Waals surface area contributed by atoms with Gasteiger partial charge in [0.1, 0.15) is 0 Å². The second kappa shape index (κ2) is 25.1. The summed E-state index contributed by atoms with van der Waals surface area (Å²) in [5.41, 5.74) is 38.2. The second-order valence-corrected chi connectivity index (χ2v) is 32.3. The van der Waals surface area contributed by atoms with Crippen molar-refractivity contribution in [3.8, 4) is 89.0 Å². The highest BCUT2D eigenvalue weighted by atomic mass is 32.1. The molecule has 19 rings (SSSR count). The van der Waals surface area contributed by atoms with E-state index in [0.29, 0.717) is 0 Å². The number of hydrogen-bond acceptors (Lipinski definition) is 4. The Balaban J connectivity index is 1.000. The number of benzene rings is 15. The molecular formula is C100H77BN2S2. The molecule has 0 amide bonds. The number of fused-ring (bicyclic) bond motifs is 10. The molecule has 0 saturated carbocycles. The van der Waals surface area contributed by atoms with Crippen molar-refractivity contribution in [1.82, 2.24) is 0 Å². The Morgan fingerprint density at radius 3 is 0.962 bits per heavy atom. The monoisotopic (exact) mass is 1380 g/mol. The fraction of sp³-hybridized carbons (Fsp3) is 0.100. The first kappa shape index (κ1) is 64.3. The third-order valence-corrected chi connectivity index (χ3v) is 24.7. The fourth-order valence-electron chi connectivity index (χ4n) is 17.9. The molecule has 0 saturated heterocycles. The molecule has 0 spiro atoms. The SMILES string of the molecule is Cc1cc(C)c(-c2cc(-c3ccccc3)c(N3c4ccc(-c5cccc6c5sc5ccccc56)cc4B4c5cc(-c6cccc7c6sc6ccccc67)ccc5N(c5c(-c6ccccc6)cc(-c6c(C)cc(C)cc6C)cc5-c5ccccc5)c5cc(C(C)(C)C)cc3c54)c(-c3ccccc3)c2)c(C)c1. The van der Waals surface area contributed by atoms with Crippen molar-refractivity contribution in [2.24, 2.45) is 0 Å². The molecule has 5 heteroatoms. The van der Waals surface area contributed by atoms with E-state index in [1.54, 1.807) is 0 Å². The van der Waals surface area contributed by atoms with Crippen LogP contribution in [0.4, 0.5) is 34.1 Å². The van der Waals surface area contributed by atoms with Gasteiger partial charge in [0.2, 0.25) is 0 Å². The quantitative estimate of drug-likeness (QED) is 0.126. The molecule has 0 unspecified atom stereocenters. The maximum Gasteiger partial charge on any atom is 0.252 e. The Kier molecular flexibility index (Phi) is 15.4. The van der Waals surface area contributed by atoms with Gasteiger partial charge in [-0.25, -0.2) is 0 Å². The molecular weight excluding hydrogens is 1300 g/mol. The Hall–Kier alpha value is -11.6. The third kappa shape index (κ3) is 10.6. The zero-order chi connectivity index (χ0) is 71.1. The van der Waals surface area contributed by atoms with Crippen molar-refractivity contribution in [2.45, 2.75) is 67.7 Å². The van der Waals surface area contributed by atoms with E-state index < -0.39 is 0 Å². The molecule has 0 N–H and O–H groups in total. The number of nitrogens with zero attached hydrogens (tertiary/aromatic N) is 2. The van der Waals surface area contributed by atoms with E-state index >= 15 is 0 Å². The van der Waals surface area contributed by atoms with Gasteiger partial charge in [-0.15, -0.1) is 22.7 Å². The predicted octanol–water partition coefficient (Wildman–Crippen LogP) is 27.0. The van der Waals surface area contributed by atoms with Gasteiger partial charge in [-0.05, 0) is 219 Å². The summed E-state index contributed by atoms with van der Waals surface area (Å²) in [6, 6.07) is 117. The summed E-state index contributed by atoms with van der Waals surface area (Å²) in [4.78, 5) is 5.47. The van der Waals surface area contributed by atoms with Crippen LogP contribution in [-0.4, -0.2) is 6.71 Å². The first-order valence-electron chi connectivity index (χ1n) is 36.8. The molecule has 0 atom stereocenters. The van der Waals surface area contributed by atoms with E-state index in [2.05, 4.69) is 375 Å². The van der Waals surface area contributed by atoms with E-state index in [1.165, 1.54) is 140 Å². The zero-order valence-corrected chi connectivity index (χ0v) is 62.3. The normalized spacial score (nSPS) is 12.6. The van der Waals surface area contributed by atoms with Crippen molar-refractivity contribution in [3.05, 3.63) is 342 Å². The van der Waals surface area contributed by atoms with Crippen LogP contribution in [-0.2, 0) is 5.41 Å². The summed E-state index contributed by atoms with van der Waals surface area (Å²) in [6.07, 6.45) is 0. The number of rotatable bonds is 10. The third-order valence-electron chi connectivity index (χ3n) is 22.3. The van der Waals surface area contributed by atoms with Gasteiger partial charge in [0.25, 0.3) is 6.71 Å². The van der Waals surface area contributed by atoms with Gasteiger partial charge in [0, 0.05) is 85.3 Å². The zero-order valence-electron chi connectivity index (χ0n) is 60.7. The Morgan fingerprint density at radius 1 is 0.276 bits per heavy atom. The summed E-state index contributed by atoms with van der Waals surface area (Å²) in [7, 11) is 0. The fourth-order valence-corrected chi connectivity index (χ4v) is 20.3. The minimum Gasteiger partial charge on any atom is -0.310 e. The molecule has 2 aliphatic heterocycles. The van der Waals surface area contributed by atoms with Crippen LogP contribution in [0.5, 0.6) is 0 Å². The number of aryl methyl sites for hydroxylation is 6. The summed E-state index contributed by atoms with van der Waals surface area (Å²) in [6.45, 7) is 20.5. The van der Waals surface area contributed by atoms with Crippen molar-refractivity contribution < 1.29 is 0 Å². The molecule has 4 heterocycles. The molecule has 0 bridgehead atoms. The molecule has 502 valence electrons. The number of thiophene rings is 2. The summed E-state index contributed by atoms with van der Waals surface area (Å²) >= 11 is 3.81. The van der Waals surface area contributed by atoms with Gasteiger partial charge in [-0.3, -0.25) is 0 Å². The Labute approximate surface area is 624 Å². The second-order valence-electron chi connectivity index (χ2n) is 30.2. The van der Waals surface area contributed by atoms with Gasteiger partial charge < -0.3 is 9.80 Å². The van der Waals surface area contributed by atoms with Crippen LogP contribution in [0, 0.1) is 41.5 Å². The molecule has 2 aliphatic rings. The number of anilines is 6. The lowest BCUT2D eigenvalue weighted by Gasteiger charge is -2.46. The highest BCUT2D eigenvalue weighted by molar-refractivity contribution is 7.26. The largest absolute Gasteiger partial charge is 0.310 e. The minimum atomic E-state index is -0.317. The van der Waals surface area contributed by atoms with Crippen molar-refractivity contribution in [1.29, 1.82) is 0 Å². The van der Waals surface area contributed by atoms with E-state index in [1.807, 2.05) is 22.7 Å². The molecule has 0 aliphatic carbocycles. The molecule has 105 heavy (non-hydrogen) atoms. The summed E-state index contributed by atoms with van der Waals surface area (Å²) < 4.78 is 5.19. The van der Waals surface area contributed by atoms with Crippen LogP contribution in [0.15, 0.2) is 303 Å². The van der Waals surface area contributed by atoms with Crippen molar-refractivity contribution in [3.63, 3.8) is 0 Å². The van der Waals surface area contributed by atoms with Crippen LogP contribution in [0.25, 0.3) is 129 Å². The maximum atomic E-state index is 2.74. The smallest absolute Gasteiger partial charge is 0.252 e. The average molecular weight is 1380 g/mol. The van der Waals surface area contributed by atoms with Crippen LogP contribution in [0.3, 0.4) is 0 Å². The van der Waals surface area contributed by atoms with E-state index in [4.69, 9.17) is 0 Å². The van der Waals surface area contributed by atoms with Crippen LogP contribution >= 0.6 is 22.7 Å². The Bertz CT molecular complexity index is 5850. The molecule has 15 aromatic carbocycles. The first-order valence-corrected chi connectivity index (χ1v) is 38.4. The van der Waals surface area contributed by atoms with Gasteiger partial charge in [-0.2, -0.15) is 0 Å². The molecule has 0 radical (unpaired) electrons. The number of hydrogen-bond donors (Lipinski definition) is 0. The van der Waals surface area contributed by atoms with Gasteiger partial charge >= 0.3 is 0 Å². The van der Waals surface area contributed by atoms with Gasteiger partial charge in [0.15, 0.2) is 0 Å². The van der Waals surface area contributed by atoms with Crippen molar-refractivity contribution in [2.75, 3.05) is 9.80 Å². The van der Waals surface area contributed by atoms with E-state index in [-0.39, 0.29) is 12.1 Å². The lowest BCUT2D eigenvalue weighted by Crippen LogP contribution is -2.61. The highest BCUT2D eigenvalue weighted by Gasteiger charge is 2.46. The Morgan fingerprint density at radius 2 is 0.610 bits per heavy atom. The lowest BCUT2D eigenvalue weighted by atomic mass is 9.33. The van der Waals surface area contributed by atoms with Gasteiger partial charge in [0.05, 0.1) is 11.4 Å². The van der Waals surface area contributed by atoms with Crippen LogP contribution in [0.1, 0.15) is 59.7 Å². The first-order chi connectivity index (χ1) is 51.2.